The van der Waals surface area contributed by atoms with Gasteiger partial charge in [0.05, 0.1) is 5.69 Å². The van der Waals surface area contributed by atoms with E-state index >= 15 is 0 Å². The Morgan fingerprint density at radius 1 is 1.15 bits per heavy atom. The van der Waals surface area contributed by atoms with Gasteiger partial charge in [0.15, 0.2) is 6.61 Å². The molecule has 7 nitrogen and oxygen atoms in total. The van der Waals surface area contributed by atoms with Gasteiger partial charge >= 0.3 is 5.63 Å². The molecule has 0 saturated heterocycles. The molecule has 7 heteroatoms. The van der Waals surface area contributed by atoms with Gasteiger partial charge in [0.2, 0.25) is 5.91 Å². The van der Waals surface area contributed by atoms with Crippen LogP contribution in [0, 0.1) is 6.92 Å². The van der Waals surface area contributed by atoms with Crippen LogP contribution in [0.15, 0.2) is 57.7 Å². The fraction of sp³-hybridized carbons (Fsp3) is 0.150. The molecule has 4 rings (SSSR count). The number of hydrogen-bond donors (Lipinski definition) is 1. The van der Waals surface area contributed by atoms with Crippen molar-refractivity contribution in [2.24, 2.45) is 0 Å². The molecule has 1 aromatic heterocycles. The summed E-state index contributed by atoms with van der Waals surface area (Å²) in [5.74, 6) is -0.0914. The van der Waals surface area contributed by atoms with E-state index in [-0.39, 0.29) is 25.0 Å². The highest BCUT2D eigenvalue weighted by Crippen LogP contribution is 2.31. The maximum Gasteiger partial charge on any atom is 0.336 e. The van der Waals surface area contributed by atoms with Crippen molar-refractivity contribution in [3.05, 3.63) is 64.5 Å². The number of amides is 2. The molecule has 0 spiro atoms. The van der Waals surface area contributed by atoms with E-state index in [2.05, 4.69) is 5.32 Å². The smallest absolute Gasteiger partial charge is 0.336 e. The number of fused-ring (bicyclic) bond motifs is 2. The van der Waals surface area contributed by atoms with E-state index in [0.29, 0.717) is 22.7 Å². The molecule has 0 bridgehead atoms. The first-order valence-electron chi connectivity index (χ1n) is 8.38. The van der Waals surface area contributed by atoms with Crippen molar-refractivity contribution in [1.82, 2.24) is 0 Å². The number of benzene rings is 2. The van der Waals surface area contributed by atoms with Crippen LogP contribution in [0.3, 0.4) is 0 Å². The zero-order valence-corrected chi connectivity index (χ0v) is 14.5. The maximum atomic E-state index is 12.5. The van der Waals surface area contributed by atoms with Crippen LogP contribution in [-0.2, 0) is 9.59 Å². The van der Waals surface area contributed by atoms with Crippen molar-refractivity contribution in [3.63, 3.8) is 0 Å². The molecule has 27 heavy (non-hydrogen) atoms. The Morgan fingerprint density at radius 3 is 2.81 bits per heavy atom. The molecule has 2 amide bonds. The van der Waals surface area contributed by atoms with Gasteiger partial charge in [0.1, 0.15) is 17.9 Å². The van der Waals surface area contributed by atoms with Crippen molar-refractivity contribution in [2.45, 2.75) is 6.92 Å². The molecule has 1 N–H and O–H groups in total. The van der Waals surface area contributed by atoms with Crippen molar-refractivity contribution in [3.8, 4) is 5.75 Å². The van der Waals surface area contributed by atoms with Gasteiger partial charge < -0.3 is 14.5 Å². The molecular weight excluding hydrogens is 348 g/mol. The summed E-state index contributed by atoms with van der Waals surface area (Å²) in [5.41, 5.74) is 1.79. The average molecular weight is 364 g/mol. The SMILES string of the molecule is Cc1cc(=O)oc2cc(NC(=O)CN3C(=O)COc4ccccc43)ccc12. The summed E-state index contributed by atoms with van der Waals surface area (Å²) in [6, 6.07) is 13.6. The topological polar surface area (TPSA) is 88.9 Å². The number of carbonyl (C=O) groups is 2. The van der Waals surface area contributed by atoms with E-state index in [1.165, 1.54) is 11.0 Å². The Morgan fingerprint density at radius 2 is 1.96 bits per heavy atom. The highest BCUT2D eigenvalue weighted by atomic mass is 16.5. The first-order chi connectivity index (χ1) is 13.0. The number of anilines is 2. The number of aryl methyl sites for hydroxylation is 1. The molecule has 0 aliphatic carbocycles. The van der Waals surface area contributed by atoms with Gasteiger partial charge in [-0.1, -0.05) is 12.1 Å². The van der Waals surface area contributed by atoms with Gasteiger partial charge in [0, 0.05) is 23.2 Å². The number of para-hydroxylation sites is 2. The molecule has 0 radical (unpaired) electrons. The number of rotatable bonds is 3. The minimum atomic E-state index is -0.445. The maximum absolute atomic E-state index is 12.5. The van der Waals surface area contributed by atoms with Crippen LogP contribution in [0.2, 0.25) is 0 Å². The van der Waals surface area contributed by atoms with Crippen molar-refractivity contribution in [2.75, 3.05) is 23.4 Å². The number of nitrogens with one attached hydrogen (secondary N) is 1. The molecule has 0 unspecified atom stereocenters. The number of carbonyl (C=O) groups excluding carboxylic acids is 2. The third kappa shape index (κ3) is 3.27. The molecule has 136 valence electrons. The first kappa shape index (κ1) is 16.8. The van der Waals surface area contributed by atoms with E-state index in [0.717, 1.165) is 10.9 Å². The standard InChI is InChI=1S/C20H16N2O5/c1-12-8-20(25)27-17-9-13(6-7-14(12)17)21-18(23)10-22-15-4-2-3-5-16(15)26-11-19(22)24/h2-9H,10-11H2,1H3,(H,21,23). The summed E-state index contributed by atoms with van der Waals surface area (Å²) in [5, 5.41) is 3.53. The molecule has 2 aromatic carbocycles. The van der Waals surface area contributed by atoms with Crippen LogP contribution in [0.5, 0.6) is 5.75 Å². The molecule has 0 fully saturated rings. The van der Waals surface area contributed by atoms with E-state index in [9.17, 15) is 14.4 Å². The largest absolute Gasteiger partial charge is 0.482 e. The zero-order valence-electron chi connectivity index (χ0n) is 14.5. The van der Waals surface area contributed by atoms with Crippen molar-refractivity contribution < 1.29 is 18.7 Å². The normalized spacial score (nSPS) is 13.2. The summed E-state index contributed by atoms with van der Waals surface area (Å²) in [7, 11) is 0. The van der Waals surface area contributed by atoms with Gasteiger partial charge in [0.25, 0.3) is 5.91 Å². The van der Waals surface area contributed by atoms with Gasteiger partial charge in [-0.25, -0.2) is 4.79 Å². The second kappa shape index (κ2) is 6.60. The Balaban J connectivity index is 1.56. The van der Waals surface area contributed by atoms with Gasteiger partial charge in [-0.15, -0.1) is 0 Å². The van der Waals surface area contributed by atoms with Crippen LogP contribution >= 0.6 is 0 Å². The summed E-state index contributed by atoms with van der Waals surface area (Å²) in [6.45, 7) is 1.57. The number of nitrogens with zero attached hydrogens (tertiary/aromatic N) is 1. The summed E-state index contributed by atoms with van der Waals surface area (Å²) in [4.78, 5) is 37.6. The lowest BCUT2D eigenvalue weighted by Gasteiger charge is -2.28. The molecule has 0 saturated carbocycles. The zero-order chi connectivity index (χ0) is 19.0. The molecule has 0 atom stereocenters. The van der Waals surface area contributed by atoms with Crippen LogP contribution in [0.4, 0.5) is 11.4 Å². The Hall–Kier alpha value is -3.61. The van der Waals surface area contributed by atoms with E-state index < -0.39 is 5.63 Å². The predicted molar refractivity (Wildman–Crippen MR) is 100 cm³/mol. The third-order valence-electron chi connectivity index (χ3n) is 4.35. The number of ether oxygens (including phenoxy) is 1. The minimum absolute atomic E-state index is 0.106. The van der Waals surface area contributed by atoms with Crippen molar-refractivity contribution in [1.29, 1.82) is 0 Å². The second-order valence-electron chi connectivity index (χ2n) is 6.24. The molecular formula is C20H16N2O5. The predicted octanol–water partition coefficient (Wildman–Crippen LogP) is 2.47. The van der Waals surface area contributed by atoms with Crippen LogP contribution in [0.1, 0.15) is 5.56 Å². The van der Waals surface area contributed by atoms with Crippen LogP contribution in [0.25, 0.3) is 11.0 Å². The second-order valence-corrected chi connectivity index (χ2v) is 6.24. The van der Waals surface area contributed by atoms with Crippen molar-refractivity contribution >= 4 is 34.2 Å². The Kier molecular flexibility index (Phi) is 4.12. The Bertz CT molecular complexity index is 1120. The average Bonchev–Trinajstić information content (AvgIpc) is 2.63. The number of hydrogen-bond acceptors (Lipinski definition) is 5. The highest BCUT2D eigenvalue weighted by molar-refractivity contribution is 6.05. The monoisotopic (exact) mass is 364 g/mol. The quantitative estimate of drug-likeness (QED) is 0.721. The van der Waals surface area contributed by atoms with E-state index in [1.54, 1.807) is 42.5 Å². The lowest BCUT2D eigenvalue weighted by atomic mass is 10.1. The lowest BCUT2D eigenvalue weighted by Crippen LogP contribution is -2.43. The summed E-state index contributed by atoms with van der Waals surface area (Å²) in [6.07, 6.45) is 0. The minimum Gasteiger partial charge on any atom is -0.482 e. The fourth-order valence-electron chi connectivity index (χ4n) is 3.07. The van der Waals surface area contributed by atoms with Gasteiger partial charge in [-0.2, -0.15) is 0 Å². The van der Waals surface area contributed by atoms with Crippen LogP contribution in [-0.4, -0.2) is 25.0 Å². The van der Waals surface area contributed by atoms with Crippen LogP contribution < -0.4 is 20.6 Å². The third-order valence-corrected chi connectivity index (χ3v) is 4.35. The molecule has 3 aromatic rings. The summed E-state index contributed by atoms with van der Waals surface area (Å²) < 4.78 is 10.6. The first-order valence-corrected chi connectivity index (χ1v) is 8.38. The van der Waals surface area contributed by atoms with E-state index in [4.69, 9.17) is 9.15 Å². The molecule has 1 aliphatic rings. The Labute approximate surface area is 154 Å². The van der Waals surface area contributed by atoms with Gasteiger partial charge in [-0.3, -0.25) is 14.5 Å². The summed E-state index contributed by atoms with van der Waals surface area (Å²) >= 11 is 0. The fourth-order valence-corrected chi connectivity index (χ4v) is 3.07. The molecule has 2 heterocycles. The van der Waals surface area contributed by atoms with Gasteiger partial charge in [-0.05, 0) is 36.8 Å². The lowest BCUT2D eigenvalue weighted by molar-refractivity contribution is -0.123. The molecule has 1 aliphatic heterocycles. The van der Waals surface area contributed by atoms with E-state index in [1.807, 2.05) is 6.92 Å². The highest BCUT2D eigenvalue weighted by Gasteiger charge is 2.26.